The number of hydrogen-bond acceptors (Lipinski definition) is 5. The monoisotopic (exact) mass is 379 g/mol. The molecule has 0 radical (unpaired) electrons. The number of likely N-dealkylation sites (tertiary alicyclic amines) is 1. The molecule has 0 bridgehead atoms. The van der Waals surface area contributed by atoms with Gasteiger partial charge in [-0.15, -0.1) is 0 Å². The summed E-state index contributed by atoms with van der Waals surface area (Å²) < 4.78 is 24.9. The second kappa shape index (κ2) is 7.00. The molecule has 2 amide bonds. The van der Waals surface area contributed by atoms with Crippen LogP contribution in [0.5, 0.6) is 0 Å². The molecule has 3 rings (SSSR count). The van der Waals surface area contributed by atoms with E-state index in [1.54, 1.807) is 12.1 Å². The molecule has 2 aliphatic rings. The van der Waals surface area contributed by atoms with Gasteiger partial charge in [0.1, 0.15) is 0 Å². The van der Waals surface area contributed by atoms with Crippen LogP contribution in [0.4, 0.5) is 5.69 Å². The zero-order valence-electron chi connectivity index (χ0n) is 15.2. The van der Waals surface area contributed by atoms with Crippen LogP contribution in [-0.2, 0) is 14.8 Å². The predicted molar refractivity (Wildman–Crippen MR) is 99.6 cm³/mol. The lowest BCUT2D eigenvalue weighted by atomic mass is 10.0. The minimum atomic E-state index is -3.63. The van der Waals surface area contributed by atoms with Gasteiger partial charge < -0.3 is 5.32 Å². The van der Waals surface area contributed by atoms with Gasteiger partial charge in [0.15, 0.2) is 0 Å². The third-order valence-electron chi connectivity index (χ3n) is 5.07. The highest BCUT2D eigenvalue weighted by atomic mass is 32.2. The van der Waals surface area contributed by atoms with E-state index >= 15 is 0 Å². The maximum absolute atomic E-state index is 12.5. The molecule has 142 valence electrons. The van der Waals surface area contributed by atoms with Crippen molar-refractivity contribution in [1.82, 2.24) is 10.2 Å². The van der Waals surface area contributed by atoms with Crippen molar-refractivity contribution in [3.63, 3.8) is 0 Å². The zero-order chi connectivity index (χ0) is 18.9. The van der Waals surface area contributed by atoms with Crippen molar-refractivity contribution in [1.29, 1.82) is 0 Å². The first-order chi connectivity index (χ1) is 12.2. The Morgan fingerprint density at radius 2 is 1.92 bits per heavy atom. The maximum Gasteiger partial charge on any atom is 0.251 e. The molecule has 1 aromatic carbocycles. The van der Waals surface area contributed by atoms with E-state index in [1.165, 1.54) is 25.0 Å². The lowest BCUT2D eigenvalue weighted by molar-refractivity contribution is -0.116. The number of anilines is 1. The normalized spacial score (nSPS) is 20.5. The molecule has 7 nitrogen and oxygen atoms in total. The maximum atomic E-state index is 12.5. The Kier molecular flexibility index (Phi) is 5.07. The van der Waals surface area contributed by atoms with Crippen molar-refractivity contribution in [3.8, 4) is 0 Å². The third kappa shape index (κ3) is 3.76. The van der Waals surface area contributed by atoms with Gasteiger partial charge in [0.05, 0.1) is 11.4 Å². The fourth-order valence-electron chi connectivity index (χ4n) is 3.48. The average Bonchev–Trinajstić information content (AvgIpc) is 3.22. The number of carbonyl (C=O) groups is 2. The summed E-state index contributed by atoms with van der Waals surface area (Å²) in [6.45, 7) is 6.77. The third-order valence-corrected chi connectivity index (χ3v) is 6.76. The van der Waals surface area contributed by atoms with Crippen molar-refractivity contribution in [2.75, 3.05) is 29.7 Å². The van der Waals surface area contributed by atoms with E-state index in [4.69, 9.17) is 0 Å². The Morgan fingerprint density at radius 1 is 1.23 bits per heavy atom. The van der Waals surface area contributed by atoms with Gasteiger partial charge in [-0.1, -0.05) is 6.07 Å². The van der Waals surface area contributed by atoms with Gasteiger partial charge in [-0.3, -0.25) is 14.5 Å². The molecule has 0 spiro atoms. The second-order valence-corrected chi connectivity index (χ2v) is 9.40. The van der Waals surface area contributed by atoms with Gasteiger partial charge >= 0.3 is 0 Å². The Balaban J connectivity index is 1.72. The van der Waals surface area contributed by atoms with Crippen LogP contribution in [0.25, 0.3) is 0 Å². The highest BCUT2D eigenvalue weighted by molar-refractivity contribution is 7.94. The van der Waals surface area contributed by atoms with Crippen LogP contribution in [0.15, 0.2) is 24.3 Å². The van der Waals surface area contributed by atoms with E-state index in [-0.39, 0.29) is 29.3 Å². The molecule has 0 unspecified atom stereocenters. The lowest BCUT2D eigenvalue weighted by Gasteiger charge is -2.35. The Hall–Kier alpha value is -1.93. The number of nitrogens with one attached hydrogen (secondary N) is 1. The van der Waals surface area contributed by atoms with E-state index in [0.29, 0.717) is 12.1 Å². The average molecular weight is 379 g/mol. The van der Waals surface area contributed by atoms with E-state index in [9.17, 15) is 18.0 Å². The van der Waals surface area contributed by atoms with Crippen LogP contribution in [0.1, 0.15) is 43.5 Å². The number of benzene rings is 1. The molecule has 1 aromatic rings. The van der Waals surface area contributed by atoms with E-state index in [1.807, 2.05) is 0 Å². The molecule has 2 aliphatic heterocycles. The first kappa shape index (κ1) is 18.8. The van der Waals surface area contributed by atoms with Gasteiger partial charge in [-0.2, -0.15) is 0 Å². The Bertz CT molecular complexity index is 813. The summed E-state index contributed by atoms with van der Waals surface area (Å²) in [5, 5.41) is 2.93. The fraction of sp³-hybridized carbons (Fsp3) is 0.556. The summed E-state index contributed by atoms with van der Waals surface area (Å²) in [6.07, 6.45) is 2.33. The number of sulfonamides is 1. The van der Waals surface area contributed by atoms with Gasteiger partial charge in [0.25, 0.3) is 5.91 Å². The molecule has 0 aliphatic carbocycles. The topological polar surface area (TPSA) is 86.8 Å². The lowest BCUT2D eigenvalue weighted by Crippen LogP contribution is -2.50. The van der Waals surface area contributed by atoms with Crippen molar-refractivity contribution in [3.05, 3.63) is 29.8 Å². The summed E-state index contributed by atoms with van der Waals surface area (Å²) in [4.78, 5) is 26.8. The summed E-state index contributed by atoms with van der Waals surface area (Å²) >= 11 is 0. The van der Waals surface area contributed by atoms with Crippen molar-refractivity contribution >= 4 is 27.5 Å². The molecule has 8 heteroatoms. The number of rotatable bonds is 5. The Labute approximate surface area is 154 Å². The molecular formula is C18H25N3O4S. The van der Waals surface area contributed by atoms with E-state index < -0.39 is 15.9 Å². The molecule has 0 saturated carbocycles. The van der Waals surface area contributed by atoms with Gasteiger partial charge in [-0.25, -0.2) is 12.7 Å². The first-order valence-electron chi connectivity index (χ1n) is 8.90. The number of hydrogen-bond donors (Lipinski definition) is 1. The standard InChI is InChI=1S/C18H25N3O4S/c1-18(2,20-9-3-4-10-20)13-19-17(23)14-6-5-7-15(12-14)21-16(22)8-11-26(21,24)25/h5-7,12H,3-4,8-11,13H2,1-2H3,(H,19,23). The smallest absolute Gasteiger partial charge is 0.251 e. The largest absolute Gasteiger partial charge is 0.350 e. The molecule has 26 heavy (non-hydrogen) atoms. The molecule has 2 fully saturated rings. The van der Waals surface area contributed by atoms with Crippen LogP contribution in [0.2, 0.25) is 0 Å². The first-order valence-corrected chi connectivity index (χ1v) is 10.5. The summed E-state index contributed by atoms with van der Waals surface area (Å²) in [5.74, 6) is -0.923. The highest BCUT2D eigenvalue weighted by Gasteiger charge is 2.36. The van der Waals surface area contributed by atoms with Crippen LogP contribution >= 0.6 is 0 Å². The number of nitrogens with zero attached hydrogens (tertiary/aromatic N) is 2. The number of carbonyl (C=O) groups excluding carboxylic acids is 2. The summed E-state index contributed by atoms with van der Waals surface area (Å²) in [7, 11) is -3.63. The molecule has 0 atom stereocenters. The molecule has 2 saturated heterocycles. The van der Waals surface area contributed by atoms with E-state index in [0.717, 1.165) is 17.4 Å². The van der Waals surface area contributed by atoms with Crippen LogP contribution < -0.4 is 9.62 Å². The predicted octanol–water partition coefficient (Wildman–Crippen LogP) is 1.36. The van der Waals surface area contributed by atoms with E-state index in [2.05, 4.69) is 24.1 Å². The molecule has 2 heterocycles. The van der Waals surface area contributed by atoms with Crippen molar-refractivity contribution in [2.24, 2.45) is 0 Å². The summed E-state index contributed by atoms with van der Waals surface area (Å²) in [5.41, 5.74) is 0.423. The minimum absolute atomic E-state index is 0.0250. The summed E-state index contributed by atoms with van der Waals surface area (Å²) in [6, 6.07) is 6.20. The fourth-order valence-corrected chi connectivity index (χ4v) is 4.93. The van der Waals surface area contributed by atoms with Gasteiger partial charge in [0.2, 0.25) is 15.9 Å². The van der Waals surface area contributed by atoms with Crippen molar-refractivity contribution in [2.45, 2.75) is 38.6 Å². The SMILES string of the molecule is CC(C)(CNC(=O)c1cccc(N2C(=O)CCS2(=O)=O)c1)N1CCCC1. The quantitative estimate of drug-likeness (QED) is 0.835. The van der Waals surface area contributed by atoms with Crippen LogP contribution in [-0.4, -0.2) is 56.1 Å². The van der Waals surface area contributed by atoms with Crippen LogP contribution in [0.3, 0.4) is 0 Å². The Morgan fingerprint density at radius 3 is 2.54 bits per heavy atom. The molecular weight excluding hydrogens is 354 g/mol. The number of amides is 2. The molecule has 0 aromatic heterocycles. The van der Waals surface area contributed by atoms with Gasteiger partial charge in [-0.05, 0) is 58.0 Å². The highest BCUT2D eigenvalue weighted by Crippen LogP contribution is 2.26. The van der Waals surface area contributed by atoms with Crippen LogP contribution in [0, 0.1) is 0 Å². The van der Waals surface area contributed by atoms with Crippen molar-refractivity contribution < 1.29 is 18.0 Å². The minimum Gasteiger partial charge on any atom is -0.350 e. The van der Waals surface area contributed by atoms with Gasteiger partial charge in [0, 0.05) is 24.1 Å². The zero-order valence-corrected chi connectivity index (χ0v) is 16.0. The molecule has 1 N–H and O–H groups in total. The second-order valence-electron chi connectivity index (χ2n) is 7.46.